The van der Waals surface area contributed by atoms with Crippen molar-refractivity contribution < 1.29 is 14.0 Å². The molecule has 0 aromatic rings. The Balaban J connectivity index is 1.74. The standard InChI is InChI=1S/C19H26O2/c1-18-9-7-15-14-6-4-13(20)11-12(14)3-5-16(15)17(18)8-10-19(18,2)21/h11,16-17,21H,3-10H2,1-2H3/t16-,17+,18+,19+/m1/s1/i2D3. The lowest BCUT2D eigenvalue weighted by molar-refractivity contribution is -0.114. The second-order valence-corrected chi connectivity index (χ2v) is 7.71. The predicted octanol–water partition coefficient (Wildman–Crippen LogP) is 3.94. The van der Waals surface area contributed by atoms with E-state index in [1.54, 1.807) is 0 Å². The zero-order valence-corrected chi connectivity index (χ0v) is 12.7. The largest absolute Gasteiger partial charge is 0.390 e. The number of aliphatic hydroxyl groups is 1. The second kappa shape index (κ2) is 4.32. The van der Waals surface area contributed by atoms with Crippen LogP contribution in [0.2, 0.25) is 0 Å². The van der Waals surface area contributed by atoms with Gasteiger partial charge >= 0.3 is 0 Å². The van der Waals surface area contributed by atoms with Gasteiger partial charge in [0.2, 0.25) is 0 Å². The molecule has 0 saturated heterocycles. The normalized spacial score (nSPS) is 48.6. The molecule has 114 valence electrons. The summed E-state index contributed by atoms with van der Waals surface area (Å²) < 4.78 is 23.7. The van der Waals surface area contributed by atoms with Crippen LogP contribution in [0.5, 0.6) is 0 Å². The molecule has 4 atom stereocenters. The SMILES string of the molecule is [2H]C([2H])([2H])[C@]1(O)CC[C@H]2[C@@H]3CCC4=CC(=O)CCC4=C3CC[C@@]21C. The molecule has 0 aliphatic heterocycles. The first-order valence-corrected chi connectivity index (χ1v) is 8.35. The summed E-state index contributed by atoms with van der Waals surface area (Å²) in [6.07, 6.45) is 8.00. The Morgan fingerprint density at radius 3 is 2.90 bits per heavy atom. The summed E-state index contributed by atoms with van der Waals surface area (Å²) in [5.74, 6) is 0.880. The molecule has 0 heterocycles. The number of carbonyl (C=O) groups excluding carboxylic acids is 1. The first-order valence-electron chi connectivity index (χ1n) is 9.85. The Bertz CT molecular complexity index is 660. The molecule has 0 aromatic carbocycles. The van der Waals surface area contributed by atoms with E-state index < -0.39 is 17.9 Å². The lowest BCUT2D eigenvalue weighted by Crippen LogP contribution is -2.48. The second-order valence-electron chi connectivity index (χ2n) is 7.71. The van der Waals surface area contributed by atoms with Crippen LogP contribution in [0.3, 0.4) is 0 Å². The summed E-state index contributed by atoms with van der Waals surface area (Å²) in [4.78, 5) is 11.7. The van der Waals surface area contributed by atoms with E-state index in [9.17, 15) is 9.90 Å². The average molecular weight is 289 g/mol. The van der Waals surface area contributed by atoms with E-state index in [1.807, 2.05) is 13.0 Å². The van der Waals surface area contributed by atoms with E-state index >= 15 is 0 Å². The molecule has 4 aliphatic rings. The molecule has 2 saturated carbocycles. The Morgan fingerprint density at radius 1 is 1.24 bits per heavy atom. The quantitative estimate of drug-likeness (QED) is 0.733. The molecule has 0 bridgehead atoms. The fourth-order valence-corrected chi connectivity index (χ4v) is 5.55. The Hall–Kier alpha value is -0.890. The molecule has 0 unspecified atom stereocenters. The lowest BCUT2D eigenvalue weighted by atomic mass is 9.55. The van der Waals surface area contributed by atoms with Gasteiger partial charge in [-0.2, -0.15) is 0 Å². The van der Waals surface area contributed by atoms with Crippen LogP contribution < -0.4 is 0 Å². The summed E-state index contributed by atoms with van der Waals surface area (Å²) >= 11 is 0. The molecule has 0 aromatic heterocycles. The summed E-state index contributed by atoms with van der Waals surface area (Å²) in [6.45, 7) is -0.313. The van der Waals surface area contributed by atoms with Gasteiger partial charge in [-0.3, -0.25) is 4.79 Å². The Morgan fingerprint density at radius 2 is 2.10 bits per heavy atom. The van der Waals surface area contributed by atoms with Gasteiger partial charge in [-0.25, -0.2) is 0 Å². The number of hydrogen-bond donors (Lipinski definition) is 1. The molecule has 0 amide bonds. The van der Waals surface area contributed by atoms with Gasteiger partial charge in [-0.15, -0.1) is 0 Å². The van der Waals surface area contributed by atoms with Crippen LogP contribution in [0.4, 0.5) is 0 Å². The molecule has 2 fully saturated rings. The van der Waals surface area contributed by atoms with Gasteiger partial charge in [-0.1, -0.05) is 12.5 Å². The van der Waals surface area contributed by atoms with E-state index in [1.165, 1.54) is 16.7 Å². The van der Waals surface area contributed by atoms with Crippen LogP contribution in [-0.2, 0) is 4.79 Å². The maximum absolute atomic E-state index is 11.7. The number of rotatable bonds is 0. The number of carbonyl (C=O) groups is 1. The average Bonchev–Trinajstić information content (AvgIpc) is 2.79. The van der Waals surface area contributed by atoms with Crippen molar-refractivity contribution in [3.05, 3.63) is 22.8 Å². The van der Waals surface area contributed by atoms with E-state index in [-0.39, 0.29) is 11.7 Å². The predicted molar refractivity (Wildman–Crippen MR) is 82.8 cm³/mol. The number of hydrogen-bond acceptors (Lipinski definition) is 2. The van der Waals surface area contributed by atoms with Crippen LogP contribution >= 0.6 is 0 Å². The third kappa shape index (κ3) is 1.78. The smallest absolute Gasteiger partial charge is 0.156 e. The van der Waals surface area contributed by atoms with Gasteiger partial charge in [0.1, 0.15) is 0 Å². The van der Waals surface area contributed by atoms with Crippen molar-refractivity contribution in [2.24, 2.45) is 17.3 Å². The topological polar surface area (TPSA) is 37.3 Å². The molecule has 21 heavy (non-hydrogen) atoms. The highest BCUT2D eigenvalue weighted by atomic mass is 16.3. The molecule has 4 aliphatic carbocycles. The monoisotopic (exact) mass is 289 g/mol. The van der Waals surface area contributed by atoms with Crippen molar-refractivity contribution in [2.75, 3.05) is 0 Å². The summed E-state index contributed by atoms with van der Waals surface area (Å²) in [5.41, 5.74) is 2.00. The van der Waals surface area contributed by atoms with Crippen LogP contribution in [0.1, 0.15) is 69.3 Å². The first-order chi connectivity index (χ1) is 11.2. The van der Waals surface area contributed by atoms with E-state index in [2.05, 4.69) is 0 Å². The summed E-state index contributed by atoms with van der Waals surface area (Å²) in [7, 11) is 0. The van der Waals surface area contributed by atoms with Gasteiger partial charge in [0.05, 0.1) is 5.60 Å². The van der Waals surface area contributed by atoms with Crippen molar-refractivity contribution in [1.29, 1.82) is 0 Å². The molecule has 4 rings (SSSR count). The molecule has 0 spiro atoms. The van der Waals surface area contributed by atoms with Crippen LogP contribution in [-0.4, -0.2) is 16.5 Å². The highest BCUT2D eigenvalue weighted by Crippen LogP contribution is 2.63. The Labute approximate surface area is 131 Å². The fourth-order valence-electron chi connectivity index (χ4n) is 5.55. The van der Waals surface area contributed by atoms with Crippen LogP contribution in [0.15, 0.2) is 22.8 Å². The minimum absolute atomic E-state index is 0.242. The van der Waals surface area contributed by atoms with Gasteiger partial charge < -0.3 is 5.11 Å². The molecule has 2 nitrogen and oxygen atoms in total. The third-order valence-corrected chi connectivity index (χ3v) is 6.88. The summed E-state index contributed by atoms with van der Waals surface area (Å²) in [5, 5.41) is 11.1. The minimum atomic E-state index is -2.32. The van der Waals surface area contributed by atoms with Crippen molar-refractivity contribution in [2.45, 2.75) is 70.7 Å². The van der Waals surface area contributed by atoms with E-state index in [0.717, 1.165) is 38.5 Å². The van der Waals surface area contributed by atoms with Crippen molar-refractivity contribution >= 4 is 5.78 Å². The zero-order valence-electron chi connectivity index (χ0n) is 15.7. The van der Waals surface area contributed by atoms with Gasteiger partial charge in [0.15, 0.2) is 5.78 Å². The van der Waals surface area contributed by atoms with Gasteiger partial charge in [0.25, 0.3) is 0 Å². The first kappa shape index (κ1) is 10.8. The van der Waals surface area contributed by atoms with Crippen molar-refractivity contribution in [3.63, 3.8) is 0 Å². The molecule has 2 heteroatoms. The lowest BCUT2D eigenvalue weighted by Gasteiger charge is -2.51. The molecule has 1 N–H and O–H groups in total. The highest BCUT2D eigenvalue weighted by molar-refractivity contribution is 5.93. The van der Waals surface area contributed by atoms with Crippen LogP contribution in [0, 0.1) is 17.3 Å². The van der Waals surface area contributed by atoms with Gasteiger partial charge in [0, 0.05) is 10.5 Å². The van der Waals surface area contributed by atoms with Crippen molar-refractivity contribution in [3.8, 4) is 0 Å². The summed E-state index contributed by atoms with van der Waals surface area (Å²) in [6, 6.07) is 0. The molecular weight excluding hydrogens is 260 g/mol. The Kier molecular flexibility index (Phi) is 2.21. The highest BCUT2D eigenvalue weighted by Gasteiger charge is 2.58. The number of allylic oxidation sites excluding steroid dienone is 4. The zero-order chi connectivity index (χ0) is 17.3. The molecular formula is C19H26O2. The van der Waals surface area contributed by atoms with Crippen LogP contribution in [0.25, 0.3) is 0 Å². The van der Waals surface area contributed by atoms with Crippen molar-refractivity contribution in [1.82, 2.24) is 0 Å². The fraction of sp³-hybridized carbons (Fsp3) is 0.737. The minimum Gasteiger partial charge on any atom is -0.390 e. The van der Waals surface area contributed by atoms with E-state index in [4.69, 9.17) is 4.11 Å². The van der Waals surface area contributed by atoms with Gasteiger partial charge in [-0.05, 0) is 86.3 Å². The molecule has 0 radical (unpaired) electrons. The third-order valence-electron chi connectivity index (χ3n) is 6.88. The number of ketones is 1. The number of fused-ring (bicyclic) bond motifs is 4. The maximum atomic E-state index is 11.7. The van der Waals surface area contributed by atoms with E-state index in [0.29, 0.717) is 18.8 Å². The maximum Gasteiger partial charge on any atom is 0.156 e.